The normalized spacial score (nSPS) is 11.8. The molecular weight excluding hydrogens is 290 g/mol. The molecule has 9 heteroatoms. The third-order valence-electron chi connectivity index (χ3n) is 1.17. The minimum absolute atomic E-state index is 0.0245. The van der Waals surface area contributed by atoms with Gasteiger partial charge in [-0.05, 0) is 11.6 Å². The van der Waals surface area contributed by atoms with Crippen molar-refractivity contribution in [3.8, 4) is 0 Å². The molecule has 0 atom stereocenters. The van der Waals surface area contributed by atoms with E-state index in [0.29, 0.717) is 0 Å². The van der Waals surface area contributed by atoms with E-state index in [2.05, 4.69) is 5.32 Å². The maximum absolute atomic E-state index is 10.4. The van der Waals surface area contributed by atoms with Crippen molar-refractivity contribution in [2.24, 2.45) is 0 Å². The van der Waals surface area contributed by atoms with Crippen LogP contribution in [0.25, 0.3) is 0 Å². The molecule has 0 aliphatic heterocycles. The lowest BCUT2D eigenvalue weighted by atomic mass is 10.4. The lowest BCUT2D eigenvalue weighted by Crippen LogP contribution is -2.20. The summed E-state index contributed by atoms with van der Waals surface area (Å²) >= 11 is 21.6. The van der Waals surface area contributed by atoms with Crippen molar-refractivity contribution in [2.75, 3.05) is 13.2 Å². The van der Waals surface area contributed by atoms with Crippen molar-refractivity contribution in [1.82, 2.24) is 5.32 Å². The molecular formula is C6H6Cl4N2O3. The molecule has 0 saturated carbocycles. The summed E-state index contributed by atoms with van der Waals surface area (Å²) in [5, 5.41) is 20.3. The molecule has 0 fully saturated rings. The average Bonchev–Trinajstić information content (AvgIpc) is 2.17. The van der Waals surface area contributed by atoms with Crippen LogP contribution in [0, 0.1) is 10.1 Å². The molecule has 0 aromatic heterocycles. The van der Waals surface area contributed by atoms with E-state index >= 15 is 0 Å². The highest BCUT2D eigenvalue weighted by atomic mass is 35.5. The Kier molecular flexibility index (Phi) is 7.04. The van der Waals surface area contributed by atoms with E-state index in [0.717, 1.165) is 0 Å². The Morgan fingerprint density at radius 2 is 1.87 bits per heavy atom. The Labute approximate surface area is 105 Å². The van der Waals surface area contributed by atoms with Gasteiger partial charge in [-0.2, -0.15) is 0 Å². The number of allylic oxidation sites excluding steroid dienone is 1. The van der Waals surface area contributed by atoms with Gasteiger partial charge >= 0.3 is 5.16 Å². The van der Waals surface area contributed by atoms with Crippen LogP contribution in [0.5, 0.6) is 0 Å². The molecule has 0 radical (unpaired) electrons. The van der Waals surface area contributed by atoms with Crippen molar-refractivity contribution in [2.45, 2.75) is 0 Å². The first kappa shape index (κ1) is 14.8. The molecule has 0 aromatic carbocycles. The summed E-state index contributed by atoms with van der Waals surface area (Å²) in [4.78, 5) is 9.52. The van der Waals surface area contributed by atoms with E-state index in [-0.39, 0.29) is 28.4 Å². The first-order chi connectivity index (χ1) is 6.91. The van der Waals surface area contributed by atoms with Gasteiger partial charge in [0.15, 0.2) is 0 Å². The number of nitrogens with one attached hydrogen (secondary N) is 1. The molecule has 0 saturated heterocycles. The largest absolute Gasteiger partial charge is 0.395 e. The van der Waals surface area contributed by atoms with Crippen LogP contribution < -0.4 is 5.32 Å². The van der Waals surface area contributed by atoms with Crippen LogP contribution >= 0.6 is 46.4 Å². The van der Waals surface area contributed by atoms with Crippen LogP contribution in [0.3, 0.4) is 0 Å². The molecule has 86 valence electrons. The molecule has 2 N–H and O–H groups in total. The van der Waals surface area contributed by atoms with Crippen LogP contribution in [-0.2, 0) is 0 Å². The zero-order valence-electron chi connectivity index (χ0n) is 7.14. The van der Waals surface area contributed by atoms with Gasteiger partial charge < -0.3 is 10.4 Å². The Hall–Kier alpha value is -0.200. The fraction of sp³-hybridized carbons (Fsp3) is 0.333. The first-order valence-electron chi connectivity index (χ1n) is 3.51. The molecule has 0 rings (SSSR count). The summed E-state index contributed by atoms with van der Waals surface area (Å²) < 4.78 is -0.364. The number of nitrogens with zero attached hydrogens (tertiary/aromatic N) is 1. The highest BCUT2D eigenvalue weighted by molar-refractivity contribution is 6.60. The van der Waals surface area contributed by atoms with Crippen LogP contribution in [0.4, 0.5) is 0 Å². The van der Waals surface area contributed by atoms with E-state index in [1.165, 1.54) is 0 Å². The first-order valence-corrected chi connectivity index (χ1v) is 5.03. The average molecular weight is 296 g/mol. The van der Waals surface area contributed by atoms with Gasteiger partial charge in [0.1, 0.15) is 15.2 Å². The molecule has 0 spiro atoms. The number of rotatable bonds is 5. The van der Waals surface area contributed by atoms with Crippen LogP contribution in [0.1, 0.15) is 0 Å². The second-order valence-corrected chi connectivity index (χ2v) is 3.83. The Balaban J connectivity index is 5.15. The van der Waals surface area contributed by atoms with Crippen molar-refractivity contribution < 1.29 is 10.0 Å². The minimum Gasteiger partial charge on any atom is -0.395 e. The van der Waals surface area contributed by atoms with E-state index < -0.39 is 10.1 Å². The smallest absolute Gasteiger partial charge is 0.361 e. The van der Waals surface area contributed by atoms with Gasteiger partial charge in [0.05, 0.1) is 11.5 Å². The Morgan fingerprint density at radius 1 is 1.33 bits per heavy atom. The summed E-state index contributed by atoms with van der Waals surface area (Å²) in [7, 11) is 0. The molecule has 0 aromatic rings. The number of hydrogen-bond donors (Lipinski definition) is 2. The van der Waals surface area contributed by atoms with Gasteiger partial charge in [0, 0.05) is 6.54 Å². The molecule has 0 amide bonds. The van der Waals surface area contributed by atoms with Crippen LogP contribution in [0.2, 0.25) is 0 Å². The molecule has 5 nitrogen and oxygen atoms in total. The summed E-state index contributed by atoms with van der Waals surface area (Å²) in [6, 6.07) is 0. The lowest BCUT2D eigenvalue weighted by Gasteiger charge is -2.07. The zero-order valence-corrected chi connectivity index (χ0v) is 10.2. The second kappa shape index (κ2) is 7.14. The van der Waals surface area contributed by atoms with Crippen molar-refractivity contribution in [1.29, 1.82) is 0 Å². The predicted molar refractivity (Wildman–Crippen MR) is 59.5 cm³/mol. The van der Waals surface area contributed by atoms with E-state index in [1.54, 1.807) is 0 Å². The third kappa shape index (κ3) is 4.90. The van der Waals surface area contributed by atoms with Gasteiger partial charge in [-0.15, -0.1) is 0 Å². The summed E-state index contributed by atoms with van der Waals surface area (Å²) in [5.41, 5.74) is -0.239. The van der Waals surface area contributed by atoms with Gasteiger partial charge in [-0.25, -0.2) is 0 Å². The van der Waals surface area contributed by atoms with Crippen LogP contribution in [0.15, 0.2) is 20.4 Å². The number of nitro groups is 1. The van der Waals surface area contributed by atoms with Crippen molar-refractivity contribution in [3.05, 3.63) is 30.5 Å². The highest BCUT2D eigenvalue weighted by Gasteiger charge is 2.20. The van der Waals surface area contributed by atoms with Crippen molar-refractivity contribution in [3.63, 3.8) is 0 Å². The molecule has 0 aliphatic carbocycles. The van der Waals surface area contributed by atoms with Gasteiger partial charge in [-0.3, -0.25) is 10.1 Å². The van der Waals surface area contributed by atoms with Gasteiger partial charge in [0.25, 0.3) is 0 Å². The zero-order chi connectivity index (χ0) is 12.0. The third-order valence-corrected chi connectivity index (χ3v) is 2.44. The van der Waals surface area contributed by atoms with Gasteiger partial charge in [-0.1, -0.05) is 34.8 Å². The Morgan fingerprint density at radius 3 is 2.20 bits per heavy atom. The maximum atomic E-state index is 10.4. The highest BCUT2D eigenvalue weighted by Crippen LogP contribution is 2.26. The maximum Gasteiger partial charge on any atom is 0.361 e. The molecule has 0 heterocycles. The fourth-order valence-electron chi connectivity index (χ4n) is 0.608. The number of aliphatic hydroxyl groups is 1. The Bertz CT molecular complexity index is 311. The topological polar surface area (TPSA) is 75.4 Å². The standard InChI is InChI=1S/C6H6Cl4N2O3/c7-3(5(8)9)4(11-1-2-13)6(10)12(14)15/h11,13H,1-2H2/b6-4+. The van der Waals surface area contributed by atoms with E-state index in [9.17, 15) is 10.1 Å². The SMILES string of the molecule is O=[N+]([O-])/C(Cl)=C(/NCCO)C(Cl)=C(Cl)Cl. The van der Waals surface area contributed by atoms with Crippen LogP contribution in [-0.4, -0.2) is 23.2 Å². The number of hydrogen-bond acceptors (Lipinski definition) is 4. The fourth-order valence-corrected chi connectivity index (χ4v) is 1.16. The van der Waals surface area contributed by atoms with Gasteiger partial charge in [0.2, 0.25) is 0 Å². The number of halogens is 4. The molecule has 0 aliphatic rings. The monoisotopic (exact) mass is 294 g/mol. The summed E-state index contributed by atoms with van der Waals surface area (Å²) in [6.45, 7) is -0.230. The molecule has 0 bridgehead atoms. The predicted octanol–water partition coefficient (Wildman–Crippen LogP) is 2.14. The summed E-state index contributed by atoms with van der Waals surface area (Å²) in [6.07, 6.45) is 0. The van der Waals surface area contributed by atoms with E-state index in [1.807, 2.05) is 0 Å². The van der Waals surface area contributed by atoms with E-state index in [4.69, 9.17) is 51.5 Å². The second-order valence-electron chi connectivity index (χ2n) is 2.15. The summed E-state index contributed by atoms with van der Waals surface area (Å²) in [5.74, 6) is 0. The quantitative estimate of drug-likeness (QED) is 0.353. The number of aliphatic hydroxyl groups excluding tert-OH is 1. The molecule has 15 heavy (non-hydrogen) atoms. The van der Waals surface area contributed by atoms with Crippen molar-refractivity contribution >= 4 is 46.4 Å². The minimum atomic E-state index is -0.861. The lowest BCUT2D eigenvalue weighted by molar-refractivity contribution is -0.413. The molecule has 0 unspecified atom stereocenters.